The van der Waals surface area contributed by atoms with Gasteiger partial charge < -0.3 is 4.74 Å². The molecule has 2 aromatic carbocycles. The molecule has 0 spiro atoms. The second-order valence-corrected chi connectivity index (χ2v) is 4.07. The lowest BCUT2D eigenvalue weighted by Crippen LogP contribution is -2.00. The zero-order valence-electron chi connectivity index (χ0n) is 9.81. The SMILES string of the molecule is CCO/C=C/c1cccc2c1-c1ccccc1-2. The van der Waals surface area contributed by atoms with Gasteiger partial charge in [-0.05, 0) is 40.8 Å². The fraction of sp³-hybridized carbons (Fsp3) is 0.125. The Balaban J connectivity index is 2.03. The zero-order valence-corrected chi connectivity index (χ0v) is 9.81. The highest BCUT2D eigenvalue weighted by molar-refractivity contribution is 6.05. The fourth-order valence-electron chi connectivity index (χ4n) is 2.33. The molecule has 0 saturated heterocycles. The van der Waals surface area contributed by atoms with Gasteiger partial charge in [0, 0.05) is 0 Å². The van der Waals surface area contributed by atoms with Crippen LogP contribution in [0.25, 0.3) is 28.3 Å². The van der Waals surface area contributed by atoms with Crippen LogP contribution in [-0.2, 0) is 4.74 Å². The standard InChI is InChI=1S/C16H14O/c1-2-17-11-10-12-6-5-9-15-13-7-3-4-8-14(13)16(12)15/h3-11H,2H2,1H3/b11-10+. The van der Waals surface area contributed by atoms with Crippen LogP contribution in [0.2, 0.25) is 0 Å². The van der Waals surface area contributed by atoms with Crippen LogP contribution in [0.1, 0.15) is 12.5 Å². The molecule has 0 heterocycles. The Morgan fingerprint density at radius 1 is 0.941 bits per heavy atom. The topological polar surface area (TPSA) is 9.23 Å². The van der Waals surface area contributed by atoms with E-state index in [1.54, 1.807) is 6.26 Å². The number of rotatable bonds is 3. The van der Waals surface area contributed by atoms with Gasteiger partial charge in [-0.1, -0.05) is 42.5 Å². The second-order valence-electron chi connectivity index (χ2n) is 4.07. The van der Waals surface area contributed by atoms with Crippen LogP contribution in [0.5, 0.6) is 0 Å². The first-order chi connectivity index (χ1) is 8.42. The first-order valence-corrected chi connectivity index (χ1v) is 5.92. The van der Waals surface area contributed by atoms with E-state index < -0.39 is 0 Å². The fourth-order valence-corrected chi connectivity index (χ4v) is 2.33. The maximum atomic E-state index is 5.26. The maximum Gasteiger partial charge on any atom is 0.0845 e. The number of hydrogen-bond donors (Lipinski definition) is 0. The van der Waals surface area contributed by atoms with Gasteiger partial charge >= 0.3 is 0 Å². The van der Waals surface area contributed by atoms with Crippen molar-refractivity contribution < 1.29 is 4.74 Å². The van der Waals surface area contributed by atoms with E-state index in [0.29, 0.717) is 6.61 Å². The average Bonchev–Trinajstić information content (AvgIpc) is 2.36. The van der Waals surface area contributed by atoms with E-state index in [1.165, 1.54) is 27.8 Å². The number of ether oxygens (including phenoxy) is 1. The van der Waals surface area contributed by atoms with Gasteiger partial charge in [0.05, 0.1) is 12.9 Å². The molecule has 0 aromatic heterocycles. The summed E-state index contributed by atoms with van der Waals surface area (Å²) >= 11 is 0. The highest BCUT2D eigenvalue weighted by Crippen LogP contribution is 2.48. The van der Waals surface area contributed by atoms with E-state index in [-0.39, 0.29) is 0 Å². The zero-order chi connectivity index (χ0) is 11.7. The van der Waals surface area contributed by atoms with Crippen LogP contribution in [0.15, 0.2) is 48.7 Å². The minimum absolute atomic E-state index is 0.710. The Morgan fingerprint density at radius 3 is 2.53 bits per heavy atom. The summed E-state index contributed by atoms with van der Waals surface area (Å²) < 4.78 is 5.26. The molecule has 0 fully saturated rings. The van der Waals surface area contributed by atoms with E-state index in [4.69, 9.17) is 4.74 Å². The third kappa shape index (κ3) is 1.55. The van der Waals surface area contributed by atoms with E-state index in [1.807, 2.05) is 13.0 Å². The summed E-state index contributed by atoms with van der Waals surface area (Å²) in [6, 6.07) is 14.9. The highest BCUT2D eigenvalue weighted by Gasteiger charge is 2.23. The van der Waals surface area contributed by atoms with Gasteiger partial charge in [0.1, 0.15) is 0 Å². The third-order valence-electron chi connectivity index (χ3n) is 3.09. The molecule has 0 atom stereocenters. The molecule has 1 heteroatoms. The molecule has 0 saturated carbocycles. The first-order valence-electron chi connectivity index (χ1n) is 5.92. The van der Waals surface area contributed by atoms with Crippen molar-refractivity contribution in [3.63, 3.8) is 0 Å². The lowest BCUT2D eigenvalue weighted by atomic mass is 9.78. The molecule has 17 heavy (non-hydrogen) atoms. The van der Waals surface area contributed by atoms with Crippen LogP contribution in [0, 0.1) is 0 Å². The number of hydrogen-bond acceptors (Lipinski definition) is 1. The van der Waals surface area contributed by atoms with Crippen LogP contribution in [-0.4, -0.2) is 6.61 Å². The quantitative estimate of drug-likeness (QED) is 0.599. The summed E-state index contributed by atoms with van der Waals surface area (Å²) in [7, 11) is 0. The van der Waals surface area contributed by atoms with Gasteiger partial charge in [-0.3, -0.25) is 0 Å². The molecule has 1 aliphatic rings. The van der Waals surface area contributed by atoms with Crippen molar-refractivity contribution in [1.29, 1.82) is 0 Å². The molecule has 0 radical (unpaired) electrons. The second kappa shape index (κ2) is 4.10. The molecule has 0 unspecified atom stereocenters. The summed E-state index contributed by atoms with van der Waals surface area (Å²) in [5.74, 6) is 0. The lowest BCUT2D eigenvalue weighted by molar-refractivity contribution is 0.272. The van der Waals surface area contributed by atoms with E-state index in [9.17, 15) is 0 Å². The minimum Gasteiger partial charge on any atom is -0.501 e. The largest absolute Gasteiger partial charge is 0.501 e. The van der Waals surface area contributed by atoms with Crippen LogP contribution >= 0.6 is 0 Å². The lowest BCUT2D eigenvalue weighted by Gasteiger charge is -2.25. The van der Waals surface area contributed by atoms with Crippen LogP contribution in [0.3, 0.4) is 0 Å². The van der Waals surface area contributed by atoms with Crippen molar-refractivity contribution in [3.05, 3.63) is 54.3 Å². The molecule has 0 bridgehead atoms. The Hall–Kier alpha value is -2.02. The van der Waals surface area contributed by atoms with Crippen molar-refractivity contribution in [2.45, 2.75) is 6.92 Å². The first kappa shape index (κ1) is 10.2. The van der Waals surface area contributed by atoms with Gasteiger partial charge in [-0.2, -0.15) is 0 Å². The van der Waals surface area contributed by atoms with Crippen molar-refractivity contribution in [3.8, 4) is 22.3 Å². The van der Waals surface area contributed by atoms with Crippen molar-refractivity contribution in [1.82, 2.24) is 0 Å². The van der Waals surface area contributed by atoms with Gasteiger partial charge in [0.25, 0.3) is 0 Å². The normalized spacial score (nSPS) is 11.8. The smallest absolute Gasteiger partial charge is 0.0845 e. The van der Waals surface area contributed by atoms with Crippen molar-refractivity contribution in [2.75, 3.05) is 6.61 Å². The Kier molecular flexibility index (Phi) is 2.45. The summed E-state index contributed by atoms with van der Waals surface area (Å²) in [6.45, 7) is 2.70. The molecular formula is C16H14O. The van der Waals surface area contributed by atoms with Crippen molar-refractivity contribution in [2.24, 2.45) is 0 Å². The molecule has 0 amide bonds. The Labute approximate surface area is 101 Å². The van der Waals surface area contributed by atoms with Crippen molar-refractivity contribution >= 4 is 6.08 Å². The van der Waals surface area contributed by atoms with Gasteiger partial charge in [-0.15, -0.1) is 0 Å². The number of fused-ring (bicyclic) bond motifs is 4. The molecule has 3 rings (SSSR count). The van der Waals surface area contributed by atoms with Gasteiger partial charge in [0.15, 0.2) is 0 Å². The summed E-state index contributed by atoms with van der Waals surface area (Å²) in [5, 5.41) is 0. The predicted molar refractivity (Wildman–Crippen MR) is 71.5 cm³/mol. The monoisotopic (exact) mass is 222 g/mol. The van der Waals surface area contributed by atoms with Crippen LogP contribution in [0.4, 0.5) is 0 Å². The van der Waals surface area contributed by atoms with E-state index >= 15 is 0 Å². The predicted octanol–water partition coefficient (Wildman–Crippen LogP) is 4.34. The highest BCUT2D eigenvalue weighted by atomic mass is 16.5. The van der Waals surface area contributed by atoms with E-state index in [0.717, 1.165) is 0 Å². The molecule has 0 N–H and O–H groups in total. The van der Waals surface area contributed by atoms with Crippen LogP contribution < -0.4 is 0 Å². The summed E-state index contributed by atoms with van der Waals surface area (Å²) in [5.41, 5.74) is 6.63. The van der Waals surface area contributed by atoms with E-state index in [2.05, 4.69) is 42.5 Å². The summed E-state index contributed by atoms with van der Waals surface area (Å²) in [6.07, 6.45) is 3.81. The molecular weight excluding hydrogens is 208 g/mol. The third-order valence-corrected chi connectivity index (χ3v) is 3.09. The molecule has 0 aliphatic heterocycles. The molecule has 1 nitrogen and oxygen atoms in total. The Morgan fingerprint density at radius 2 is 1.71 bits per heavy atom. The molecule has 2 aromatic rings. The summed E-state index contributed by atoms with van der Waals surface area (Å²) in [4.78, 5) is 0. The molecule has 84 valence electrons. The number of benzene rings is 2. The Bertz CT molecular complexity index is 582. The maximum absolute atomic E-state index is 5.26. The average molecular weight is 222 g/mol. The molecule has 1 aliphatic carbocycles. The minimum atomic E-state index is 0.710. The van der Waals surface area contributed by atoms with Gasteiger partial charge in [0.2, 0.25) is 0 Å². The van der Waals surface area contributed by atoms with Gasteiger partial charge in [-0.25, -0.2) is 0 Å².